The molecule has 2 aliphatic rings. The lowest BCUT2D eigenvalue weighted by atomic mass is 10.1. The number of hydrazine groups is 1. The number of hydrogen-bond acceptors (Lipinski definition) is 7. The van der Waals surface area contributed by atoms with E-state index in [0.717, 1.165) is 17.3 Å². The van der Waals surface area contributed by atoms with Crippen LogP contribution in [-0.4, -0.2) is 68.9 Å². The zero-order valence-corrected chi connectivity index (χ0v) is 20.5. The van der Waals surface area contributed by atoms with Gasteiger partial charge in [0.2, 0.25) is 5.91 Å². The van der Waals surface area contributed by atoms with Crippen LogP contribution in [0.3, 0.4) is 0 Å². The number of thioether (sulfide) groups is 1. The highest BCUT2D eigenvalue weighted by Gasteiger charge is 2.45. The molecule has 33 heavy (non-hydrogen) atoms. The van der Waals surface area contributed by atoms with Crippen molar-refractivity contribution in [1.29, 1.82) is 0 Å². The number of rotatable bonds is 6. The minimum absolute atomic E-state index is 0.158. The Labute approximate surface area is 199 Å². The number of esters is 1. The summed E-state index contributed by atoms with van der Waals surface area (Å²) in [5.41, 5.74) is 0.288. The third-order valence-corrected chi connectivity index (χ3v) is 6.55. The van der Waals surface area contributed by atoms with Crippen LogP contribution in [0.2, 0.25) is 0 Å². The van der Waals surface area contributed by atoms with Gasteiger partial charge in [0.1, 0.15) is 17.7 Å². The van der Waals surface area contributed by atoms with Crippen LogP contribution in [0.25, 0.3) is 0 Å². The Bertz CT molecular complexity index is 886. The van der Waals surface area contributed by atoms with Gasteiger partial charge in [-0.15, -0.1) is 0 Å². The number of carbonyl (C=O) groups excluding carboxylic acids is 4. The van der Waals surface area contributed by atoms with Gasteiger partial charge in [0, 0.05) is 20.0 Å². The predicted octanol–water partition coefficient (Wildman–Crippen LogP) is 2.32. The number of nitrogens with one attached hydrogen (secondary N) is 1. The molecule has 0 spiro atoms. The second kappa shape index (κ2) is 10.7. The Balaban J connectivity index is 1.73. The van der Waals surface area contributed by atoms with E-state index >= 15 is 0 Å². The molecule has 3 atom stereocenters. The van der Waals surface area contributed by atoms with Crippen molar-refractivity contribution in [2.45, 2.75) is 76.3 Å². The fraction of sp³-hybridized carbons (Fsp3) is 0.583. The van der Waals surface area contributed by atoms with Crippen LogP contribution < -0.4 is 5.32 Å². The third-order valence-electron chi connectivity index (χ3n) is 5.55. The Hall–Kier alpha value is -2.39. The van der Waals surface area contributed by atoms with Crippen molar-refractivity contribution in [2.75, 3.05) is 13.1 Å². The van der Waals surface area contributed by atoms with E-state index in [9.17, 15) is 19.2 Å². The molecule has 9 heteroatoms. The molecule has 0 bridgehead atoms. The number of benzene rings is 1. The van der Waals surface area contributed by atoms with E-state index in [1.807, 2.05) is 35.3 Å². The molecule has 1 aromatic carbocycles. The van der Waals surface area contributed by atoms with Gasteiger partial charge in [0.15, 0.2) is 5.12 Å². The summed E-state index contributed by atoms with van der Waals surface area (Å²) in [5, 5.41) is 5.44. The first-order valence-corrected chi connectivity index (χ1v) is 12.3. The van der Waals surface area contributed by atoms with Crippen molar-refractivity contribution >= 4 is 34.7 Å². The lowest BCUT2D eigenvalue weighted by Crippen LogP contribution is -2.55. The Kier molecular flexibility index (Phi) is 8.18. The van der Waals surface area contributed by atoms with E-state index in [-0.39, 0.29) is 16.9 Å². The molecule has 2 heterocycles. The van der Waals surface area contributed by atoms with Gasteiger partial charge in [0.25, 0.3) is 5.91 Å². The van der Waals surface area contributed by atoms with Crippen LogP contribution in [0.5, 0.6) is 0 Å². The highest BCUT2D eigenvalue weighted by molar-refractivity contribution is 8.14. The van der Waals surface area contributed by atoms with Crippen LogP contribution in [0.15, 0.2) is 30.3 Å². The zero-order valence-electron chi connectivity index (χ0n) is 19.7. The predicted molar refractivity (Wildman–Crippen MR) is 126 cm³/mol. The molecule has 1 unspecified atom stereocenters. The van der Waals surface area contributed by atoms with Crippen LogP contribution in [0.4, 0.5) is 0 Å². The van der Waals surface area contributed by atoms with Gasteiger partial charge in [-0.2, -0.15) is 0 Å². The van der Waals surface area contributed by atoms with E-state index in [2.05, 4.69) is 5.32 Å². The van der Waals surface area contributed by atoms with Gasteiger partial charge in [-0.3, -0.25) is 19.4 Å². The maximum absolute atomic E-state index is 13.4. The van der Waals surface area contributed by atoms with Crippen molar-refractivity contribution < 1.29 is 23.9 Å². The molecule has 0 aromatic heterocycles. The molecule has 1 N–H and O–H groups in total. The average Bonchev–Trinajstić information content (AvgIpc) is 3.09. The van der Waals surface area contributed by atoms with Crippen molar-refractivity contribution in [2.24, 2.45) is 0 Å². The molecular formula is C24H33N3O5S. The van der Waals surface area contributed by atoms with Crippen molar-refractivity contribution in [3.05, 3.63) is 35.9 Å². The van der Waals surface area contributed by atoms with Crippen LogP contribution >= 0.6 is 11.8 Å². The first-order chi connectivity index (χ1) is 15.5. The van der Waals surface area contributed by atoms with Crippen molar-refractivity contribution in [3.63, 3.8) is 0 Å². The normalized spacial score (nSPS) is 22.3. The van der Waals surface area contributed by atoms with Crippen molar-refractivity contribution in [3.8, 4) is 0 Å². The number of fused-ring (bicyclic) bond motifs is 1. The monoisotopic (exact) mass is 475 g/mol. The number of amides is 2. The summed E-state index contributed by atoms with van der Waals surface area (Å²) in [6.45, 7) is 8.04. The maximum atomic E-state index is 13.4. The quantitative estimate of drug-likeness (QED) is 0.631. The number of hydrogen-bond donors (Lipinski definition) is 1. The second-order valence-electron chi connectivity index (χ2n) is 9.47. The standard InChI is InChI=1S/C24H33N3O5S/c1-16(28)33-20(15-17-9-6-5-7-10-17)21(29)25-18-11-8-13-26-14-12-19(27(26)22(18)30)23(31)32-24(2,3)4/h5-7,9-10,18-20H,8,11-15H2,1-4H3,(H,25,29)/t18-,19?,20+/m0/s1. The Morgan fingerprint density at radius 1 is 1.15 bits per heavy atom. The molecule has 2 fully saturated rings. The summed E-state index contributed by atoms with van der Waals surface area (Å²) in [6, 6.07) is 8.03. The minimum Gasteiger partial charge on any atom is -0.458 e. The second-order valence-corrected chi connectivity index (χ2v) is 10.8. The highest BCUT2D eigenvalue weighted by atomic mass is 32.2. The lowest BCUT2D eigenvalue weighted by Gasteiger charge is -2.32. The molecule has 0 saturated carbocycles. The topological polar surface area (TPSA) is 96.0 Å². The first-order valence-electron chi connectivity index (χ1n) is 11.4. The molecule has 3 rings (SSSR count). The zero-order chi connectivity index (χ0) is 24.2. The Morgan fingerprint density at radius 3 is 2.48 bits per heavy atom. The summed E-state index contributed by atoms with van der Waals surface area (Å²) in [4.78, 5) is 51.1. The molecule has 180 valence electrons. The van der Waals surface area contributed by atoms with Gasteiger partial charge in [0.05, 0.1) is 5.25 Å². The summed E-state index contributed by atoms with van der Waals surface area (Å²) < 4.78 is 5.54. The van der Waals surface area contributed by atoms with Gasteiger partial charge < -0.3 is 10.1 Å². The molecule has 2 amide bonds. The first kappa shape index (κ1) is 25.2. The molecule has 1 aromatic rings. The fourth-order valence-corrected chi connectivity index (χ4v) is 5.03. The lowest BCUT2D eigenvalue weighted by molar-refractivity contribution is -0.171. The highest BCUT2D eigenvalue weighted by Crippen LogP contribution is 2.27. The van der Waals surface area contributed by atoms with Gasteiger partial charge in [-0.1, -0.05) is 42.1 Å². The van der Waals surface area contributed by atoms with Crippen LogP contribution in [0.1, 0.15) is 52.5 Å². The largest absolute Gasteiger partial charge is 0.458 e. The van der Waals surface area contributed by atoms with Crippen LogP contribution in [0, 0.1) is 0 Å². The smallest absolute Gasteiger partial charge is 0.331 e. The van der Waals surface area contributed by atoms with Crippen LogP contribution in [-0.2, 0) is 30.3 Å². The fourth-order valence-electron chi connectivity index (χ4n) is 4.17. The molecule has 2 aliphatic heterocycles. The molecule has 8 nitrogen and oxygen atoms in total. The molecular weight excluding hydrogens is 442 g/mol. The van der Waals surface area contributed by atoms with E-state index in [1.165, 1.54) is 11.9 Å². The third kappa shape index (κ3) is 6.80. The van der Waals surface area contributed by atoms with Crippen molar-refractivity contribution in [1.82, 2.24) is 15.3 Å². The summed E-state index contributed by atoms with van der Waals surface area (Å²) >= 11 is 0.968. The number of ether oxygens (including phenoxy) is 1. The van der Waals surface area contributed by atoms with E-state index in [1.54, 1.807) is 20.8 Å². The van der Waals surface area contributed by atoms with Gasteiger partial charge in [-0.25, -0.2) is 9.80 Å². The molecule has 0 aliphatic carbocycles. The van der Waals surface area contributed by atoms with E-state index in [0.29, 0.717) is 38.8 Å². The minimum atomic E-state index is -0.753. The average molecular weight is 476 g/mol. The van der Waals surface area contributed by atoms with Gasteiger partial charge in [-0.05, 0) is 52.0 Å². The van der Waals surface area contributed by atoms with E-state index in [4.69, 9.17) is 4.74 Å². The SMILES string of the molecule is CC(=O)S[C@H](Cc1ccccc1)C(=O)N[C@H]1CCCN2CCC(C(=O)OC(C)(C)C)N2C1=O. The summed E-state index contributed by atoms with van der Waals surface area (Å²) in [6.07, 6.45) is 2.06. The number of nitrogens with zero attached hydrogens (tertiary/aromatic N) is 2. The maximum Gasteiger partial charge on any atom is 0.331 e. The molecule has 2 saturated heterocycles. The van der Waals surface area contributed by atoms with Gasteiger partial charge >= 0.3 is 5.97 Å². The molecule has 0 radical (unpaired) electrons. The summed E-state index contributed by atoms with van der Waals surface area (Å²) in [5.74, 6) is -1.08. The van der Waals surface area contributed by atoms with E-state index < -0.39 is 28.9 Å². The number of carbonyl (C=O) groups is 4. The summed E-state index contributed by atoms with van der Waals surface area (Å²) in [7, 11) is 0. The Morgan fingerprint density at radius 2 is 1.85 bits per heavy atom.